The molecular formula is C18H35N7O6. The second kappa shape index (κ2) is 14.1. The molecule has 11 N–H and O–H groups in total. The first-order chi connectivity index (χ1) is 14.4. The summed E-state index contributed by atoms with van der Waals surface area (Å²) in [6.45, 7) is 4.46. The van der Waals surface area contributed by atoms with Crippen LogP contribution in [0.1, 0.15) is 40.0 Å². The number of aliphatic hydroxyl groups excluding tert-OH is 1. The number of amides is 3. The number of nitrogens with one attached hydrogen (secondary N) is 3. The summed E-state index contributed by atoms with van der Waals surface area (Å²) in [5.74, 6) is -3.67. The minimum absolute atomic E-state index is 0.0571. The van der Waals surface area contributed by atoms with E-state index < -0.39 is 54.5 Å². The van der Waals surface area contributed by atoms with E-state index >= 15 is 0 Å². The Bertz CT molecular complexity index is 653. The van der Waals surface area contributed by atoms with E-state index in [1.165, 1.54) is 6.92 Å². The number of carboxylic acid groups (broad SMARTS) is 1. The molecule has 31 heavy (non-hydrogen) atoms. The highest BCUT2D eigenvalue weighted by Crippen LogP contribution is 2.09. The average Bonchev–Trinajstić information content (AvgIpc) is 2.71. The molecule has 0 saturated carbocycles. The van der Waals surface area contributed by atoms with Crippen LogP contribution in [0.25, 0.3) is 0 Å². The van der Waals surface area contributed by atoms with E-state index in [1.54, 1.807) is 6.92 Å². The Kier molecular flexibility index (Phi) is 12.8. The van der Waals surface area contributed by atoms with Gasteiger partial charge in [-0.25, -0.2) is 4.79 Å². The average molecular weight is 446 g/mol. The Morgan fingerprint density at radius 2 is 1.61 bits per heavy atom. The maximum Gasteiger partial charge on any atom is 0.328 e. The highest BCUT2D eigenvalue weighted by Gasteiger charge is 2.30. The summed E-state index contributed by atoms with van der Waals surface area (Å²) in [5, 5.41) is 25.0. The molecule has 0 aromatic carbocycles. The third-order valence-electron chi connectivity index (χ3n) is 4.65. The molecule has 0 unspecified atom stereocenters. The van der Waals surface area contributed by atoms with Gasteiger partial charge >= 0.3 is 5.97 Å². The van der Waals surface area contributed by atoms with Crippen molar-refractivity contribution in [2.75, 3.05) is 13.2 Å². The molecule has 0 spiro atoms. The monoisotopic (exact) mass is 445 g/mol. The number of aliphatic carboxylic acids is 1. The van der Waals surface area contributed by atoms with Crippen LogP contribution >= 0.6 is 0 Å². The lowest BCUT2D eigenvalue weighted by atomic mass is 9.97. The molecule has 0 saturated heterocycles. The highest BCUT2D eigenvalue weighted by atomic mass is 16.4. The molecule has 13 nitrogen and oxygen atoms in total. The van der Waals surface area contributed by atoms with Crippen molar-refractivity contribution in [3.63, 3.8) is 0 Å². The minimum atomic E-state index is -1.49. The first-order valence-corrected chi connectivity index (χ1v) is 10.00. The van der Waals surface area contributed by atoms with Gasteiger partial charge in [0.1, 0.15) is 18.1 Å². The van der Waals surface area contributed by atoms with Crippen LogP contribution < -0.4 is 33.2 Å². The summed E-state index contributed by atoms with van der Waals surface area (Å²) in [6.07, 6.45) is 1.33. The van der Waals surface area contributed by atoms with E-state index in [0.29, 0.717) is 25.8 Å². The number of aliphatic hydroxyl groups is 1. The molecule has 0 aliphatic carbocycles. The topological polar surface area (TPSA) is 235 Å². The fourth-order valence-electron chi connectivity index (χ4n) is 2.46. The second-order valence-corrected chi connectivity index (χ2v) is 7.24. The van der Waals surface area contributed by atoms with E-state index in [4.69, 9.17) is 27.4 Å². The van der Waals surface area contributed by atoms with E-state index in [9.17, 15) is 19.2 Å². The highest BCUT2D eigenvalue weighted by molar-refractivity contribution is 5.94. The van der Waals surface area contributed by atoms with Crippen molar-refractivity contribution >= 4 is 29.7 Å². The summed E-state index contributed by atoms with van der Waals surface area (Å²) in [6, 6.07) is -4.42. The van der Waals surface area contributed by atoms with Gasteiger partial charge in [0.2, 0.25) is 17.7 Å². The molecule has 0 heterocycles. The van der Waals surface area contributed by atoms with E-state index in [2.05, 4.69) is 20.9 Å². The molecule has 0 aliphatic rings. The predicted octanol–water partition coefficient (Wildman–Crippen LogP) is -3.04. The van der Waals surface area contributed by atoms with Gasteiger partial charge in [0.15, 0.2) is 5.96 Å². The Hall–Kier alpha value is -2.93. The number of nitrogens with two attached hydrogens (primary N) is 3. The normalized spacial score (nSPS) is 15.5. The summed E-state index contributed by atoms with van der Waals surface area (Å²) in [4.78, 5) is 51.9. The van der Waals surface area contributed by atoms with Gasteiger partial charge in [-0.15, -0.1) is 0 Å². The molecule has 3 amide bonds. The van der Waals surface area contributed by atoms with E-state index in [0.717, 1.165) is 0 Å². The number of aliphatic imine (C=N–C) groups is 1. The summed E-state index contributed by atoms with van der Waals surface area (Å²) in [7, 11) is 0. The number of nitrogens with zero attached hydrogens (tertiary/aromatic N) is 1. The predicted molar refractivity (Wildman–Crippen MR) is 114 cm³/mol. The lowest BCUT2D eigenvalue weighted by molar-refractivity contribution is -0.143. The quantitative estimate of drug-likeness (QED) is 0.0769. The van der Waals surface area contributed by atoms with Crippen LogP contribution in [0.5, 0.6) is 0 Å². The smallest absolute Gasteiger partial charge is 0.328 e. The molecule has 0 aliphatic heterocycles. The summed E-state index contributed by atoms with van der Waals surface area (Å²) in [5.41, 5.74) is 16.3. The third kappa shape index (κ3) is 10.6. The van der Waals surface area contributed by atoms with Crippen molar-refractivity contribution < 1.29 is 29.4 Å². The van der Waals surface area contributed by atoms with Crippen LogP contribution in [-0.2, 0) is 19.2 Å². The van der Waals surface area contributed by atoms with Crippen molar-refractivity contribution in [2.45, 2.75) is 64.2 Å². The van der Waals surface area contributed by atoms with Gasteiger partial charge in [0.05, 0.1) is 12.6 Å². The first-order valence-electron chi connectivity index (χ1n) is 10.00. The maximum atomic E-state index is 12.7. The number of carbonyl (C=O) groups excluding carboxylic acids is 3. The lowest BCUT2D eigenvalue weighted by Crippen LogP contribution is -2.58. The van der Waals surface area contributed by atoms with Gasteiger partial charge in [-0.05, 0) is 25.7 Å². The van der Waals surface area contributed by atoms with E-state index in [1.807, 2.05) is 6.92 Å². The number of rotatable bonds is 14. The molecule has 0 bridgehead atoms. The molecule has 5 atom stereocenters. The molecule has 0 fully saturated rings. The van der Waals surface area contributed by atoms with Crippen molar-refractivity contribution in [1.29, 1.82) is 0 Å². The summed E-state index contributed by atoms with van der Waals surface area (Å²) >= 11 is 0. The largest absolute Gasteiger partial charge is 0.480 e. The third-order valence-corrected chi connectivity index (χ3v) is 4.65. The molecule has 0 radical (unpaired) electrons. The van der Waals surface area contributed by atoms with Crippen molar-refractivity contribution in [2.24, 2.45) is 28.1 Å². The summed E-state index contributed by atoms with van der Waals surface area (Å²) < 4.78 is 0. The Labute approximate surface area is 181 Å². The van der Waals surface area contributed by atoms with Gasteiger partial charge in [-0.2, -0.15) is 0 Å². The van der Waals surface area contributed by atoms with Crippen LogP contribution in [-0.4, -0.2) is 77.2 Å². The molecule has 13 heteroatoms. The van der Waals surface area contributed by atoms with Crippen LogP contribution in [0.2, 0.25) is 0 Å². The van der Waals surface area contributed by atoms with Gasteiger partial charge in [0, 0.05) is 6.54 Å². The standard InChI is InChI=1S/C18H35N7O6/c1-4-9(2)13(25-15(28)11(19)6-5-7-22-18(20)21)16(29)23-10(3)14(27)24-12(8-26)17(30)31/h9-13,26H,4-8,19H2,1-3H3,(H,23,29)(H,24,27)(H,25,28)(H,30,31)(H4,20,21,22)/t9-,10-,11+,12-,13-/m0/s1. The van der Waals surface area contributed by atoms with Gasteiger partial charge < -0.3 is 43.4 Å². The van der Waals surface area contributed by atoms with Crippen molar-refractivity contribution in [1.82, 2.24) is 16.0 Å². The Morgan fingerprint density at radius 3 is 2.10 bits per heavy atom. The zero-order valence-electron chi connectivity index (χ0n) is 18.1. The SMILES string of the molecule is CC[C@H](C)[C@H](NC(=O)[C@H](N)CCCN=C(N)N)C(=O)N[C@@H](C)C(=O)N[C@@H](CO)C(=O)O. The lowest BCUT2D eigenvalue weighted by Gasteiger charge is -2.26. The molecule has 178 valence electrons. The van der Waals surface area contributed by atoms with Crippen molar-refractivity contribution in [3.8, 4) is 0 Å². The second-order valence-electron chi connectivity index (χ2n) is 7.24. The number of hydrogen-bond acceptors (Lipinski definition) is 7. The van der Waals surface area contributed by atoms with E-state index in [-0.39, 0.29) is 11.9 Å². The van der Waals surface area contributed by atoms with Crippen molar-refractivity contribution in [3.05, 3.63) is 0 Å². The zero-order chi connectivity index (χ0) is 24.1. The van der Waals surface area contributed by atoms with Gasteiger partial charge in [0.25, 0.3) is 0 Å². The minimum Gasteiger partial charge on any atom is -0.480 e. The maximum absolute atomic E-state index is 12.7. The molecule has 0 aromatic rings. The number of carboxylic acids is 1. The first kappa shape index (κ1) is 28.1. The molecule has 0 aromatic heterocycles. The fourth-order valence-corrected chi connectivity index (χ4v) is 2.46. The van der Waals surface area contributed by atoms with Crippen LogP contribution in [0, 0.1) is 5.92 Å². The van der Waals surface area contributed by atoms with Crippen LogP contribution in [0.3, 0.4) is 0 Å². The van der Waals surface area contributed by atoms with Gasteiger partial charge in [-0.3, -0.25) is 19.4 Å². The number of carbonyl (C=O) groups is 4. The zero-order valence-corrected chi connectivity index (χ0v) is 18.1. The molecular weight excluding hydrogens is 410 g/mol. The number of guanidine groups is 1. The number of hydrogen-bond donors (Lipinski definition) is 8. The molecule has 0 rings (SSSR count). The Balaban J connectivity index is 4.96. The fraction of sp³-hybridized carbons (Fsp3) is 0.722. The van der Waals surface area contributed by atoms with Crippen LogP contribution in [0.4, 0.5) is 0 Å². The van der Waals surface area contributed by atoms with Gasteiger partial charge in [-0.1, -0.05) is 20.3 Å². The van der Waals surface area contributed by atoms with Crippen LogP contribution in [0.15, 0.2) is 4.99 Å². The Morgan fingerprint density at radius 1 is 1.00 bits per heavy atom.